The molecule has 0 fully saturated rings. The van der Waals surface area contributed by atoms with Crippen LogP contribution in [-0.4, -0.2) is 11.9 Å². The second kappa shape index (κ2) is 10.5. The summed E-state index contributed by atoms with van der Waals surface area (Å²) in [5.41, 5.74) is 2.62. The topological polar surface area (TPSA) is 52.6 Å². The Kier molecular flexibility index (Phi) is 7.84. The monoisotopic (exact) mass is 472 g/mol. The molecule has 184 valence electrons. The Morgan fingerprint density at radius 2 is 1.23 bits per heavy atom. The molecule has 3 aromatic carbocycles. The van der Waals surface area contributed by atoms with E-state index in [1.165, 1.54) is 0 Å². The molecular weight excluding hydrogens is 436 g/mol. The predicted octanol–water partition coefficient (Wildman–Crippen LogP) is 7.96. The first-order valence-corrected chi connectivity index (χ1v) is 12.1. The van der Waals surface area contributed by atoms with Crippen molar-refractivity contribution in [2.45, 2.75) is 66.2 Å². The van der Waals surface area contributed by atoms with Crippen molar-refractivity contribution in [1.82, 2.24) is 0 Å². The highest BCUT2D eigenvalue weighted by Gasteiger charge is 2.31. The fourth-order valence-electron chi connectivity index (χ4n) is 4.52. The molecule has 3 aromatic rings. The summed E-state index contributed by atoms with van der Waals surface area (Å²) in [7, 11) is 0. The number of benzene rings is 3. The lowest BCUT2D eigenvalue weighted by Gasteiger charge is -2.34. The maximum absolute atomic E-state index is 13.0. The highest BCUT2D eigenvalue weighted by Crippen LogP contribution is 2.44. The molecule has 0 aromatic heterocycles. The van der Waals surface area contributed by atoms with Crippen LogP contribution in [0.2, 0.25) is 0 Å². The van der Waals surface area contributed by atoms with Crippen molar-refractivity contribution < 1.29 is 19.1 Å². The molecule has 0 radical (unpaired) electrons. The van der Waals surface area contributed by atoms with Gasteiger partial charge in [0.1, 0.15) is 0 Å². The van der Waals surface area contributed by atoms with E-state index < -0.39 is 11.9 Å². The van der Waals surface area contributed by atoms with Gasteiger partial charge in [0, 0.05) is 5.56 Å². The molecule has 0 spiro atoms. The molecule has 0 bridgehead atoms. The first kappa shape index (κ1) is 26.2. The summed E-state index contributed by atoms with van der Waals surface area (Å²) in [6, 6.07) is 21.6. The molecule has 0 aliphatic carbocycles. The Bertz CT molecular complexity index is 1170. The van der Waals surface area contributed by atoms with E-state index in [-0.39, 0.29) is 28.2 Å². The van der Waals surface area contributed by atoms with Gasteiger partial charge in [-0.2, -0.15) is 0 Å². The van der Waals surface area contributed by atoms with Gasteiger partial charge in [-0.3, -0.25) is 0 Å². The van der Waals surface area contributed by atoms with Crippen LogP contribution in [0.5, 0.6) is 11.5 Å². The third kappa shape index (κ3) is 6.82. The maximum Gasteiger partial charge on any atom is 0.343 e. The average molecular weight is 473 g/mol. The molecule has 0 amide bonds. The van der Waals surface area contributed by atoms with Gasteiger partial charge in [-0.25, -0.2) is 9.59 Å². The van der Waals surface area contributed by atoms with Gasteiger partial charge in [0.05, 0.1) is 11.1 Å². The number of esters is 2. The zero-order chi connectivity index (χ0) is 25.8. The molecule has 0 aliphatic heterocycles. The Hall–Kier alpha value is -3.40. The summed E-state index contributed by atoms with van der Waals surface area (Å²) < 4.78 is 11.8. The lowest BCUT2D eigenvalue weighted by atomic mass is 9.71. The van der Waals surface area contributed by atoms with Crippen molar-refractivity contribution in [3.63, 3.8) is 0 Å². The minimum atomic E-state index is -0.497. The summed E-state index contributed by atoms with van der Waals surface area (Å²) in [5, 5.41) is 0. The van der Waals surface area contributed by atoms with Gasteiger partial charge in [0.15, 0.2) is 11.5 Å². The molecule has 0 atom stereocenters. The van der Waals surface area contributed by atoms with Crippen LogP contribution < -0.4 is 9.47 Å². The smallest absolute Gasteiger partial charge is 0.343 e. The lowest BCUT2D eigenvalue weighted by molar-refractivity contribution is 0.0680. The van der Waals surface area contributed by atoms with Gasteiger partial charge in [0.2, 0.25) is 0 Å². The number of carbonyl (C=O) groups excluding carboxylic acids is 2. The molecule has 0 aliphatic rings. The lowest BCUT2D eigenvalue weighted by Crippen LogP contribution is -2.25. The highest BCUT2D eigenvalue weighted by atomic mass is 16.6. The second-order valence-corrected chi connectivity index (χ2v) is 11.2. The molecule has 3 rings (SSSR count). The van der Waals surface area contributed by atoms with E-state index in [4.69, 9.17) is 9.47 Å². The van der Waals surface area contributed by atoms with Crippen molar-refractivity contribution in [1.29, 1.82) is 0 Å². The van der Waals surface area contributed by atoms with Crippen molar-refractivity contribution in [2.75, 3.05) is 0 Å². The largest absolute Gasteiger partial charge is 0.419 e. The molecule has 0 unspecified atom stereocenters. The Balaban J connectivity index is 2.13. The number of hydrogen-bond donors (Lipinski definition) is 0. The van der Waals surface area contributed by atoms with Crippen LogP contribution in [0.3, 0.4) is 0 Å². The second-order valence-electron chi connectivity index (χ2n) is 11.2. The van der Waals surface area contributed by atoms with Crippen LogP contribution in [0.4, 0.5) is 0 Å². The van der Waals surface area contributed by atoms with Gasteiger partial charge in [-0.05, 0) is 59.1 Å². The Morgan fingerprint density at radius 3 is 1.69 bits per heavy atom. The third-order valence-corrected chi connectivity index (χ3v) is 5.88. The normalized spacial score (nSPS) is 11.9. The van der Waals surface area contributed by atoms with Crippen molar-refractivity contribution in [2.24, 2.45) is 5.41 Å². The van der Waals surface area contributed by atoms with Crippen LogP contribution in [0.25, 0.3) is 0 Å². The van der Waals surface area contributed by atoms with Crippen LogP contribution in [-0.2, 0) is 5.41 Å². The van der Waals surface area contributed by atoms with E-state index in [1.54, 1.807) is 48.5 Å². The van der Waals surface area contributed by atoms with E-state index in [1.807, 2.05) is 32.0 Å². The van der Waals surface area contributed by atoms with E-state index in [9.17, 15) is 9.59 Å². The van der Waals surface area contributed by atoms with Crippen LogP contribution in [0.1, 0.15) is 92.6 Å². The van der Waals surface area contributed by atoms with Gasteiger partial charge in [-0.1, -0.05) is 90.9 Å². The van der Waals surface area contributed by atoms with Crippen LogP contribution in [0.15, 0.2) is 72.8 Å². The van der Waals surface area contributed by atoms with E-state index in [0.717, 1.165) is 17.5 Å². The van der Waals surface area contributed by atoms with E-state index in [2.05, 4.69) is 40.7 Å². The van der Waals surface area contributed by atoms with E-state index >= 15 is 0 Å². The Morgan fingerprint density at radius 1 is 0.743 bits per heavy atom. The number of ether oxygens (including phenoxy) is 2. The van der Waals surface area contributed by atoms with Crippen molar-refractivity contribution in [3.05, 3.63) is 95.1 Å². The number of hydrogen-bond acceptors (Lipinski definition) is 4. The number of rotatable bonds is 7. The summed E-state index contributed by atoms with van der Waals surface area (Å²) in [5.74, 6) is -0.415. The van der Waals surface area contributed by atoms with Crippen molar-refractivity contribution in [3.8, 4) is 11.5 Å². The minimum Gasteiger partial charge on any atom is -0.419 e. The molecule has 4 nitrogen and oxygen atoms in total. The van der Waals surface area contributed by atoms with Crippen LogP contribution in [0, 0.1) is 5.41 Å². The predicted molar refractivity (Wildman–Crippen MR) is 140 cm³/mol. The summed E-state index contributed by atoms with van der Waals surface area (Å²) in [4.78, 5) is 26.0. The van der Waals surface area contributed by atoms with Gasteiger partial charge in [0.25, 0.3) is 0 Å². The molecular formula is C31H36O4. The van der Waals surface area contributed by atoms with Gasteiger partial charge < -0.3 is 9.47 Å². The highest BCUT2D eigenvalue weighted by molar-refractivity contribution is 5.93. The van der Waals surface area contributed by atoms with Gasteiger partial charge in [-0.15, -0.1) is 0 Å². The average Bonchev–Trinajstić information content (AvgIpc) is 2.79. The fourth-order valence-corrected chi connectivity index (χ4v) is 4.52. The SMILES string of the molecule is CC(C)c1cc(C(C)(C)CC(C)(C)C)cc(OC(=O)c2ccccc2)c1OC(=O)c1ccccc1. The fraction of sp³-hybridized carbons (Fsp3) is 0.355. The molecule has 35 heavy (non-hydrogen) atoms. The molecule has 4 heteroatoms. The van der Waals surface area contributed by atoms with Crippen LogP contribution >= 0.6 is 0 Å². The van der Waals surface area contributed by atoms with E-state index in [0.29, 0.717) is 11.1 Å². The quantitative estimate of drug-likeness (QED) is 0.258. The molecule has 0 saturated heterocycles. The summed E-state index contributed by atoms with van der Waals surface area (Å²) in [6.07, 6.45) is 0.923. The summed E-state index contributed by atoms with van der Waals surface area (Å²) in [6.45, 7) is 15.1. The molecule has 0 saturated carbocycles. The zero-order valence-corrected chi connectivity index (χ0v) is 21.8. The maximum atomic E-state index is 13.0. The molecule has 0 N–H and O–H groups in total. The van der Waals surface area contributed by atoms with Gasteiger partial charge >= 0.3 is 11.9 Å². The summed E-state index contributed by atoms with van der Waals surface area (Å²) >= 11 is 0. The van der Waals surface area contributed by atoms with Crippen molar-refractivity contribution >= 4 is 11.9 Å². The minimum absolute atomic E-state index is 0.0353. The standard InChI is InChI=1S/C31H36O4/c1-21(2)25-18-24(31(6,7)20-30(3,4)5)19-26(34-28(32)22-14-10-8-11-15-22)27(25)35-29(33)23-16-12-9-13-17-23/h8-19,21H,20H2,1-7H3. The first-order valence-electron chi connectivity index (χ1n) is 12.1. The number of carbonyl (C=O) groups is 2. The third-order valence-electron chi connectivity index (χ3n) is 5.88. The Labute approximate surface area is 209 Å². The first-order chi connectivity index (χ1) is 16.4. The molecule has 0 heterocycles. The zero-order valence-electron chi connectivity index (χ0n) is 21.8.